The van der Waals surface area contributed by atoms with Crippen LogP contribution in [0.3, 0.4) is 0 Å². The molecule has 10 N–H and O–H groups in total. The van der Waals surface area contributed by atoms with Gasteiger partial charge in [0, 0.05) is 13.5 Å². The van der Waals surface area contributed by atoms with E-state index in [1.807, 2.05) is 0 Å². The minimum absolute atomic E-state index is 0.181. The minimum atomic E-state index is -1.85. The van der Waals surface area contributed by atoms with Crippen LogP contribution in [0.25, 0.3) is 0 Å². The molecule has 0 bridgehead atoms. The number of unbranched alkanes of at least 4 members (excludes halogenated alkanes) is 5. The summed E-state index contributed by atoms with van der Waals surface area (Å²) in [5.41, 5.74) is 0. The van der Waals surface area contributed by atoms with Gasteiger partial charge >= 0.3 is 0 Å². The lowest BCUT2D eigenvalue weighted by atomic mass is 9.95. The number of nitrogens with one attached hydrogen (secondary N) is 1. The van der Waals surface area contributed by atoms with E-state index in [0.29, 0.717) is 6.42 Å². The SMILES string of the molecule is CCCCCCCCOC1O[C@H](CO)[C@@H](O)[C@H](O)[C@H]1O[C@H]1O[C@H](CO)[C@@H](O)[C@H](O)[C@@H]1O[C@@H]1O[C@H](CO)[C@@H](O)[C@H](O)[C@H]1NC(C)=O. The average Bonchev–Trinajstić information content (AvgIpc) is 3.02. The standard InChI is InChI=1S/C28H51NO16/c1-3-4-5-6-7-8-9-40-27-24(22(38)19(35)15(11-31)42-27)45-28-25(23(39)20(36)16(12-32)43-28)44-26-17(29-13(2)33)21(37)18(34)14(10-30)41-26/h14-28,30-32,34-39H,3-12H2,1-2H3,(H,29,33)/t14-,15-,16-,17-,18-,19-,20-,21-,22+,23+,24-,25+,26+,27?,28-/m1/s1. The summed E-state index contributed by atoms with van der Waals surface area (Å²) in [5, 5.41) is 95.8. The average molecular weight is 658 g/mol. The highest BCUT2D eigenvalue weighted by atomic mass is 16.8. The first-order chi connectivity index (χ1) is 21.5. The largest absolute Gasteiger partial charge is 0.394 e. The van der Waals surface area contributed by atoms with Gasteiger partial charge in [-0.1, -0.05) is 39.0 Å². The summed E-state index contributed by atoms with van der Waals surface area (Å²) in [5.74, 6) is -0.639. The van der Waals surface area contributed by atoms with Crippen LogP contribution in [0.1, 0.15) is 52.4 Å². The van der Waals surface area contributed by atoms with Gasteiger partial charge in [0.1, 0.15) is 73.2 Å². The van der Waals surface area contributed by atoms with Crippen molar-refractivity contribution < 1.29 is 79.2 Å². The lowest BCUT2D eigenvalue weighted by Gasteiger charge is -2.49. The van der Waals surface area contributed by atoms with Crippen molar-refractivity contribution in [2.24, 2.45) is 0 Å². The maximum Gasteiger partial charge on any atom is 0.217 e. The van der Waals surface area contributed by atoms with Crippen LogP contribution in [0, 0.1) is 0 Å². The molecule has 3 saturated heterocycles. The molecule has 17 heteroatoms. The molecule has 1 unspecified atom stereocenters. The predicted molar refractivity (Wildman–Crippen MR) is 150 cm³/mol. The lowest BCUT2D eigenvalue weighted by Crippen LogP contribution is -2.68. The van der Waals surface area contributed by atoms with Crippen LogP contribution in [0.2, 0.25) is 0 Å². The monoisotopic (exact) mass is 657 g/mol. The fourth-order valence-electron chi connectivity index (χ4n) is 5.62. The molecule has 3 rings (SSSR count). The maximum atomic E-state index is 11.9. The van der Waals surface area contributed by atoms with Crippen LogP contribution in [-0.2, 0) is 33.2 Å². The molecule has 3 fully saturated rings. The summed E-state index contributed by atoms with van der Waals surface area (Å²) in [6, 6.07) is -1.43. The van der Waals surface area contributed by atoms with Crippen LogP contribution in [0.15, 0.2) is 0 Å². The Bertz CT molecular complexity index is 872. The number of rotatable bonds is 16. The molecule has 45 heavy (non-hydrogen) atoms. The third kappa shape index (κ3) is 9.71. The molecule has 0 aromatic rings. The van der Waals surface area contributed by atoms with Crippen LogP contribution < -0.4 is 5.32 Å². The fraction of sp³-hybridized carbons (Fsp3) is 0.964. The Morgan fingerprint density at radius 2 is 1.07 bits per heavy atom. The van der Waals surface area contributed by atoms with Crippen molar-refractivity contribution in [2.45, 2.75) is 144 Å². The van der Waals surface area contributed by atoms with Crippen molar-refractivity contribution >= 4 is 5.91 Å². The van der Waals surface area contributed by atoms with Gasteiger partial charge in [0.25, 0.3) is 0 Å². The van der Waals surface area contributed by atoms with Crippen molar-refractivity contribution in [3.8, 4) is 0 Å². The molecule has 0 aromatic heterocycles. The number of ether oxygens (including phenoxy) is 6. The third-order valence-corrected chi connectivity index (χ3v) is 8.26. The zero-order valence-corrected chi connectivity index (χ0v) is 25.6. The van der Waals surface area contributed by atoms with E-state index in [2.05, 4.69) is 12.2 Å². The molecular formula is C28H51NO16. The Balaban J connectivity index is 1.84. The zero-order chi connectivity index (χ0) is 33.3. The number of hydrogen-bond donors (Lipinski definition) is 10. The van der Waals surface area contributed by atoms with Crippen LogP contribution in [0.5, 0.6) is 0 Å². The van der Waals surface area contributed by atoms with E-state index in [1.165, 1.54) is 0 Å². The Kier molecular flexibility index (Phi) is 15.7. The molecule has 17 nitrogen and oxygen atoms in total. The molecule has 3 aliphatic rings. The Morgan fingerprint density at radius 1 is 0.622 bits per heavy atom. The molecule has 0 radical (unpaired) electrons. The minimum Gasteiger partial charge on any atom is -0.394 e. The number of hydrogen-bond acceptors (Lipinski definition) is 16. The Morgan fingerprint density at radius 3 is 1.60 bits per heavy atom. The van der Waals surface area contributed by atoms with E-state index in [4.69, 9.17) is 28.4 Å². The summed E-state index contributed by atoms with van der Waals surface area (Å²) in [4.78, 5) is 11.9. The number of amides is 1. The quantitative estimate of drug-likeness (QED) is 0.0708. The van der Waals surface area contributed by atoms with Gasteiger partial charge < -0.3 is 79.7 Å². The Labute approximate surface area is 261 Å². The summed E-state index contributed by atoms with van der Waals surface area (Å²) in [6.45, 7) is 1.26. The molecule has 0 aromatic carbocycles. The van der Waals surface area contributed by atoms with Gasteiger partial charge in [-0.2, -0.15) is 0 Å². The van der Waals surface area contributed by atoms with Gasteiger partial charge in [0.2, 0.25) is 5.91 Å². The van der Waals surface area contributed by atoms with E-state index in [-0.39, 0.29) is 6.61 Å². The van der Waals surface area contributed by atoms with E-state index in [0.717, 1.165) is 39.0 Å². The molecule has 0 aliphatic carbocycles. The van der Waals surface area contributed by atoms with E-state index < -0.39 is 118 Å². The van der Waals surface area contributed by atoms with Crippen molar-refractivity contribution in [3.63, 3.8) is 0 Å². The molecular weight excluding hydrogens is 606 g/mol. The number of carbonyl (C=O) groups is 1. The first-order valence-corrected chi connectivity index (χ1v) is 15.6. The summed E-state index contributed by atoms with van der Waals surface area (Å²) < 4.78 is 34.7. The zero-order valence-electron chi connectivity index (χ0n) is 25.6. The second-order valence-electron chi connectivity index (χ2n) is 11.7. The van der Waals surface area contributed by atoms with Gasteiger partial charge in [-0.3, -0.25) is 4.79 Å². The van der Waals surface area contributed by atoms with Crippen molar-refractivity contribution in [2.75, 3.05) is 26.4 Å². The summed E-state index contributed by atoms with van der Waals surface area (Å²) in [6.07, 6.45) is -16.4. The van der Waals surface area contributed by atoms with Gasteiger partial charge in [-0.15, -0.1) is 0 Å². The number of carbonyl (C=O) groups excluding carboxylic acids is 1. The van der Waals surface area contributed by atoms with Crippen molar-refractivity contribution in [1.29, 1.82) is 0 Å². The smallest absolute Gasteiger partial charge is 0.217 e. The lowest BCUT2D eigenvalue weighted by molar-refractivity contribution is -0.388. The van der Waals surface area contributed by atoms with E-state index in [9.17, 15) is 50.8 Å². The second-order valence-corrected chi connectivity index (χ2v) is 11.7. The highest BCUT2D eigenvalue weighted by Crippen LogP contribution is 2.33. The van der Waals surface area contributed by atoms with Gasteiger partial charge in [-0.25, -0.2) is 0 Å². The first kappa shape index (κ1) is 38.3. The van der Waals surface area contributed by atoms with E-state index in [1.54, 1.807) is 0 Å². The first-order valence-electron chi connectivity index (χ1n) is 15.6. The highest BCUT2D eigenvalue weighted by Gasteiger charge is 2.54. The van der Waals surface area contributed by atoms with Crippen LogP contribution >= 0.6 is 0 Å². The van der Waals surface area contributed by atoms with Gasteiger partial charge in [-0.05, 0) is 6.42 Å². The fourth-order valence-corrected chi connectivity index (χ4v) is 5.62. The topological polar surface area (TPSA) is 267 Å². The Hall–Kier alpha value is -1.13. The predicted octanol–water partition coefficient (Wildman–Crippen LogP) is -4.04. The normalized spacial score (nSPS) is 42.4. The maximum absolute atomic E-state index is 11.9. The van der Waals surface area contributed by atoms with Gasteiger partial charge in [0.15, 0.2) is 18.9 Å². The molecule has 3 heterocycles. The third-order valence-electron chi connectivity index (χ3n) is 8.26. The van der Waals surface area contributed by atoms with Crippen molar-refractivity contribution in [1.82, 2.24) is 5.32 Å². The second kappa shape index (κ2) is 18.4. The number of aliphatic hydroxyl groups is 9. The molecule has 15 atom stereocenters. The van der Waals surface area contributed by atoms with Gasteiger partial charge in [0.05, 0.1) is 19.8 Å². The van der Waals surface area contributed by atoms with Crippen LogP contribution in [-0.4, -0.2) is 170 Å². The van der Waals surface area contributed by atoms with E-state index >= 15 is 0 Å². The molecule has 3 aliphatic heterocycles. The summed E-state index contributed by atoms with van der Waals surface area (Å²) in [7, 11) is 0. The van der Waals surface area contributed by atoms with Crippen molar-refractivity contribution in [3.05, 3.63) is 0 Å². The van der Waals surface area contributed by atoms with Crippen LogP contribution in [0.4, 0.5) is 0 Å². The molecule has 0 spiro atoms. The summed E-state index contributed by atoms with van der Waals surface area (Å²) >= 11 is 0. The molecule has 264 valence electrons. The molecule has 0 saturated carbocycles. The highest BCUT2D eigenvalue weighted by molar-refractivity contribution is 5.73. The molecule has 1 amide bonds. The number of aliphatic hydroxyl groups excluding tert-OH is 9.